The molecular formula is C20H35NO15. The number of ether oxygens (including phenoxy) is 5. The minimum atomic E-state index is -1.83. The zero-order valence-corrected chi connectivity index (χ0v) is 19.5. The number of aliphatic hydroxyl groups excluding tert-OH is 9. The summed E-state index contributed by atoms with van der Waals surface area (Å²) in [4.78, 5) is 11.7. The molecule has 0 unspecified atom stereocenters. The van der Waals surface area contributed by atoms with E-state index in [4.69, 9.17) is 23.7 Å². The van der Waals surface area contributed by atoms with E-state index in [0.717, 1.165) is 6.92 Å². The molecule has 0 aliphatic carbocycles. The third-order valence-corrected chi connectivity index (χ3v) is 6.46. The van der Waals surface area contributed by atoms with Gasteiger partial charge in [-0.3, -0.25) is 4.79 Å². The Bertz CT molecular complexity index is 731. The molecule has 3 rings (SSSR count). The molecule has 210 valence electrons. The minimum absolute atomic E-state index is 0.632. The van der Waals surface area contributed by atoms with Gasteiger partial charge in [0.1, 0.15) is 67.1 Å². The topological polar surface area (TPSA) is 257 Å². The molecule has 16 heteroatoms. The molecule has 10 N–H and O–H groups in total. The number of carbonyl (C=O) groups excluding carboxylic acids is 1. The predicted octanol–water partition coefficient (Wildman–Crippen LogP) is -6.40. The van der Waals surface area contributed by atoms with Crippen molar-refractivity contribution in [2.45, 2.75) is 106 Å². The van der Waals surface area contributed by atoms with Crippen molar-refractivity contribution in [1.82, 2.24) is 5.32 Å². The van der Waals surface area contributed by atoms with E-state index >= 15 is 0 Å². The van der Waals surface area contributed by atoms with Crippen molar-refractivity contribution >= 4 is 5.91 Å². The fraction of sp³-hybridized carbons (Fsp3) is 0.950. The Kier molecular flexibility index (Phi) is 9.97. The SMILES string of the molecule is CC(=O)N[C@@H]1[C@@H](O[C@@H]2O[C@H](CO)[C@H](O)[C@H](O)[C@H]2O[C@@H]2O[C@@H](C)[C@@H](O)[C@@H](O)[C@@H]2O)[C@H](O)[C@@H](CO)O[C@@H]1O. The molecule has 0 bridgehead atoms. The van der Waals surface area contributed by atoms with E-state index in [1.54, 1.807) is 0 Å². The molecule has 3 aliphatic rings. The highest BCUT2D eigenvalue weighted by atomic mass is 16.8. The summed E-state index contributed by atoms with van der Waals surface area (Å²) in [6, 6.07) is -1.39. The van der Waals surface area contributed by atoms with E-state index in [-0.39, 0.29) is 0 Å². The molecule has 0 aromatic carbocycles. The minimum Gasteiger partial charge on any atom is -0.394 e. The van der Waals surface area contributed by atoms with Gasteiger partial charge in [0.05, 0.1) is 19.3 Å². The van der Waals surface area contributed by atoms with Gasteiger partial charge in [-0.15, -0.1) is 0 Å². The molecule has 15 atom stereocenters. The zero-order valence-electron chi connectivity index (χ0n) is 19.5. The molecule has 36 heavy (non-hydrogen) atoms. The van der Waals surface area contributed by atoms with E-state index in [0.29, 0.717) is 0 Å². The zero-order chi connectivity index (χ0) is 26.9. The standard InChI is InChI=1S/C20H35NO15/c1-5-10(25)13(28)15(30)19(32-5)36-17-14(29)11(26)7(3-22)34-20(17)35-16-9(21-6(2)24)18(31)33-8(4-23)12(16)27/h5,7-20,22-23,25-31H,3-4H2,1-2H3,(H,21,24)/t5-,7+,8+,9+,10+,11-,12+,13+,14-,15-,16+,17+,18-,19-,20-/m0/s1. The Morgan fingerprint density at radius 2 is 1.31 bits per heavy atom. The fourth-order valence-corrected chi connectivity index (χ4v) is 4.38. The van der Waals surface area contributed by atoms with Crippen LogP contribution >= 0.6 is 0 Å². The van der Waals surface area contributed by atoms with Gasteiger partial charge < -0.3 is 75.0 Å². The molecule has 0 radical (unpaired) electrons. The molecule has 3 heterocycles. The maximum absolute atomic E-state index is 11.7. The van der Waals surface area contributed by atoms with E-state index in [1.807, 2.05) is 0 Å². The first kappa shape index (κ1) is 29.5. The molecule has 0 aromatic rings. The average molecular weight is 529 g/mol. The molecule has 0 saturated carbocycles. The molecule has 3 fully saturated rings. The lowest BCUT2D eigenvalue weighted by Crippen LogP contribution is -2.68. The van der Waals surface area contributed by atoms with Crippen LogP contribution in [0.15, 0.2) is 0 Å². The Morgan fingerprint density at radius 3 is 1.89 bits per heavy atom. The van der Waals surface area contributed by atoms with Gasteiger partial charge in [0, 0.05) is 6.92 Å². The van der Waals surface area contributed by atoms with Crippen LogP contribution in [0.5, 0.6) is 0 Å². The van der Waals surface area contributed by atoms with Crippen LogP contribution in [-0.4, -0.2) is 157 Å². The summed E-state index contributed by atoms with van der Waals surface area (Å²) in [6.45, 7) is 1.00. The van der Waals surface area contributed by atoms with Crippen molar-refractivity contribution in [1.29, 1.82) is 0 Å². The Morgan fingerprint density at radius 1 is 0.722 bits per heavy atom. The van der Waals surface area contributed by atoms with E-state index in [1.165, 1.54) is 6.92 Å². The number of nitrogens with one attached hydrogen (secondary N) is 1. The molecule has 3 saturated heterocycles. The van der Waals surface area contributed by atoms with Gasteiger partial charge in [-0.1, -0.05) is 0 Å². The van der Waals surface area contributed by atoms with Gasteiger partial charge in [0.25, 0.3) is 0 Å². The van der Waals surface area contributed by atoms with Crippen LogP contribution in [0, 0.1) is 0 Å². The highest BCUT2D eigenvalue weighted by Gasteiger charge is 2.53. The number of rotatable bonds is 7. The second-order valence-electron chi connectivity index (χ2n) is 9.05. The van der Waals surface area contributed by atoms with Crippen molar-refractivity contribution in [2.24, 2.45) is 0 Å². The van der Waals surface area contributed by atoms with Crippen molar-refractivity contribution in [3.8, 4) is 0 Å². The number of carbonyl (C=O) groups is 1. The maximum atomic E-state index is 11.7. The van der Waals surface area contributed by atoms with Crippen LogP contribution in [0.1, 0.15) is 13.8 Å². The maximum Gasteiger partial charge on any atom is 0.217 e. The molecule has 16 nitrogen and oxygen atoms in total. The lowest BCUT2D eigenvalue weighted by molar-refractivity contribution is -0.380. The van der Waals surface area contributed by atoms with Gasteiger partial charge in [0.15, 0.2) is 18.9 Å². The number of aliphatic hydroxyl groups is 9. The third kappa shape index (κ3) is 5.97. The van der Waals surface area contributed by atoms with Crippen molar-refractivity contribution in [3.05, 3.63) is 0 Å². The van der Waals surface area contributed by atoms with Gasteiger partial charge >= 0.3 is 0 Å². The van der Waals surface area contributed by atoms with Gasteiger partial charge in [-0.2, -0.15) is 0 Å². The van der Waals surface area contributed by atoms with Gasteiger partial charge in [-0.05, 0) is 6.92 Å². The largest absolute Gasteiger partial charge is 0.394 e. The van der Waals surface area contributed by atoms with Crippen molar-refractivity contribution < 1.29 is 74.4 Å². The summed E-state index contributed by atoms with van der Waals surface area (Å²) in [7, 11) is 0. The number of hydrogen-bond acceptors (Lipinski definition) is 15. The van der Waals surface area contributed by atoms with Crippen LogP contribution in [0.2, 0.25) is 0 Å². The smallest absolute Gasteiger partial charge is 0.217 e. The first-order valence-corrected chi connectivity index (χ1v) is 11.4. The lowest BCUT2D eigenvalue weighted by atomic mass is 9.95. The highest BCUT2D eigenvalue weighted by Crippen LogP contribution is 2.32. The van der Waals surface area contributed by atoms with Crippen LogP contribution in [0.4, 0.5) is 0 Å². The summed E-state index contributed by atoms with van der Waals surface area (Å²) >= 11 is 0. The predicted molar refractivity (Wildman–Crippen MR) is 111 cm³/mol. The van der Waals surface area contributed by atoms with Crippen LogP contribution in [0.25, 0.3) is 0 Å². The molecule has 3 aliphatic heterocycles. The second kappa shape index (κ2) is 12.2. The Hall–Kier alpha value is -1.09. The molecule has 1 amide bonds. The Balaban J connectivity index is 1.89. The summed E-state index contributed by atoms with van der Waals surface area (Å²) in [6.07, 6.45) is -22.2. The summed E-state index contributed by atoms with van der Waals surface area (Å²) in [5.74, 6) is -0.632. The van der Waals surface area contributed by atoms with Crippen LogP contribution in [-0.2, 0) is 28.5 Å². The highest BCUT2D eigenvalue weighted by molar-refractivity contribution is 5.73. The first-order valence-electron chi connectivity index (χ1n) is 11.4. The normalized spacial score (nSPS) is 50.0. The van der Waals surface area contributed by atoms with Gasteiger partial charge in [-0.25, -0.2) is 0 Å². The number of hydrogen-bond donors (Lipinski definition) is 10. The lowest BCUT2D eigenvalue weighted by Gasteiger charge is -2.48. The van der Waals surface area contributed by atoms with E-state index in [2.05, 4.69) is 5.32 Å². The van der Waals surface area contributed by atoms with Crippen LogP contribution in [0.3, 0.4) is 0 Å². The molecule has 0 aromatic heterocycles. The van der Waals surface area contributed by atoms with E-state index in [9.17, 15) is 50.8 Å². The van der Waals surface area contributed by atoms with Crippen LogP contribution < -0.4 is 5.32 Å². The molecular weight excluding hydrogens is 494 g/mol. The summed E-state index contributed by atoms with van der Waals surface area (Å²) < 4.78 is 27.4. The third-order valence-electron chi connectivity index (χ3n) is 6.46. The summed E-state index contributed by atoms with van der Waals surface area (Å²) in [5.41, 5.74) is 0. The average Bonchev–Trinajstić information content (AvgIpc) is 2.83. The number of amides is 1. The fourth-order valence-electron chi connectivity index (χ4n) is 4.38. The van der Waals surface area contributed by atoms with Crippen molar-refractivity contribution in [3.63, 3.8) is 0 Å². The molecule has 0 spiro atoms. The second-order valence-corrected chi connectivity index (χ2v) is 9.05. The van der Waals surface area contributed by atoms with E-state index < -0.39 is 111 Å². The van der Waals surface area contributed by atoms with Gasteiger partial charge in [0.2, 0.25) is 5.91 Å². The summed E-state index contributed by atoms with van der Waals surface area (Å²) in [5, 5.41) is 93.8. The quantitative estimate of drug-likeness (QED) is 0.147. The monoisotopic (exact) mass is 529 g/mol. The van der Waals surface area contributed by atoms with Crippen molar-refractivity contribution in [2.75, 3.05) is 13.2 Å². The first-order chi connectivity index (χ1) is 16.9. The Labute approximate surface area is 205 Å².